The lowest BCUT2D eigenvalue weighted by Crippen LogP contribution is -2.43. The molecule has 0 aliphatic heterocycles. The lowest BCUT2D eigenvalue weighted by molar-refractivity contribution is -0.139. The van der Waals surface area contributed by atoms with E-state index in [-0.39, 0.29) is 39.9 Å². The number of aryl methyl sites for hydroxylation is 1. The molecule has 1 heterocycles. The summed E-state index contributed by atoms with van der Waals surface area (Å²) >= 11 is 0. The summed E-state index contributed by atoms with van der Waals surface area (Å²) in [4.78, 5) is 63.3. The molecule has 1 saturated carbocycles. The van der Waals surface area contributed by atoms with Crippen LogP contribution in [0.2, 0.25) is 0 Å². The molecule has 0 saturated heterocycles. The topological polar surface area (TPSA) is 195 Å². The molecule has 4 aromatic carbocycles. The first-order valence-corrected chi connectivity index (χ1v) is 17.5. The number of anilines is 1. The first-order chi connectivity index (χ1) is 25.2. The van der Waals surface area contributed by atoms with Gasteiger partial charge in [0.05, 0.1) is 34.3 Å². The van der Waals surface area contributed by atoms with Gasteiger partial charge in [0.25, 0.3) is 27.4 Å². The first kappa shape index (κ1) is 36.4. The highest BCUT2D eigenvalue weighted by molar-refractivity contribution is 7.92. The van der Waals surface area contributed by atoms with Gasteiger partial charge in [-0.1, -0.05) is 12.1 Å². The number of ether oxygens (including phenoxy) is 1. The van der Waals surface area contributed by atoms with Crippen molar-refractivity contribution in [1.82, 2.24) is 19.8 Å². The molecule has 1 fully saturated rings. The number of sulfonamides is 1. The average Bonchev–Trinajstić information content (AvgIpc) is 3.94. The predicted molar refractivity (Wildman–Crippen MR) is 188 cm³/mol. The van der Waals surface area contributed by atoms with Crippen LogP contribution in [0.15, 0.2) is 93.3 Å². The molecule has 0 bridgehead atoms. The fourth-order valence-corrected chi connectivity index (χ4v) is 6.63. The number of carboxylic acids is 1. The van der Waals surface area contributed by atoms with Gasteiger partial charge in [0.1, 0.15) is 29.0 Å². The number of carbonyl (C=O) groups excluding carboxylic acids is 2. The number of aliphatic carboxylic acids is 1. The largest absolute Gasteiger partial charge is 0.497 e. The molecule has 274 valence electrons. The monoisotopic (exact) mass is 747 g/mol. The number of hydrogen-bond donors (Lipinski definition) is 4. The molecule has 0 spiro atoms. The van der Waals surface area contributed by atoms with Crippen LogP contribution in [0.5, 0.6) is 5.75 Å². The van der Waals surface area contributed by atoms with Crippen LogP contribution >= 0.6 is 0 Å². The van der Waals surface area contributed by atoms with Crippen LogP contribution < -0.4 is 31.3 Å². The van der Waals surface area contributed by atoms with E-state index in [1.165, 1.54) is 61.2 Å². The number of nitrogens with one attached hydrogen (secondary N) is 3. The van der Waals surface area contributed by atoms with Crippen molar-refractivity contribution in [3.8, 4) is 11.4 Å². The number of methoxy groups -OCH3 is 1. The zero-order chi connectivity index (χ0) is 38.2. The lowest BCUT2D eigenvalue weighted by atomic mass is 10.0. The highest BCUT2D eigenvalue weighted by Crippen LogP contribution is 2.24. The third kappa shape index (κ3) is 7.64. The van der Waals surface area contributed by atoms with Crippen LogP contribution in [0, 0.1) is 11.6 Å². The van der Waals surface area contributed by atoms with Gasteiger partial charge < -0.3 is 20.5 Å². The molecule has 1 aliphatic rings. The average molecular weight is 748 g/mol. The number of nitrogens with zero attached hydrogens (tertiary/aromatic N) is 2. The molecule has 17 heteroatoms. The molecule has 4 N–H and O–H groups in total. The highest BCUT2D eigenvalue weighted by atomic mass is 32.2. The maximum Gasteiger partial charge on any atom is 0.335 e. The molecule has 1 aliphatic carbocycles. The fourth-order valence-electron chi connectivity index (χ4n) is 5.59. The summed E-state index contributed by atoms with van der Waals surface area (Å²) in [6.45, 7) is 0. The van der Waals surface area contributed by atoms with E-state index in [1.807, 2.05) is 4.72 Å². The molecule has 1 atom stereocenters. The van der Waals surface area contributed by atoms with E-state index in [0.29, 0.717) is 29.0 Å². The zero-order valence-electron chi connectivity index (χ0n) is 28.1. The molecule has 1 aromatic heterocycles. The number of amides is 2. The number of rotatable bonds is 12. The molecular formula is C36H31F2N5O9S. The van der Waals surface area contributed by atoms with Crippen molar-refractivity contribution < 1.29 is 41.4 Å². The van der Waals surface area contributed by atoms with Gasteiger partial charge in [-0.25, -0.2) is 31.4 Å². The van der Waals surface area contributed by atoms with Crippen molar-refractivity contribution in [2.45, 2.75) is 36.2 Å². The summed E-state index contributed by atoms with van der Waals surface area (Å²) in [7, 11) is -1.44. The second-order valence-corrected chi connectivity index (χ2v) is 14.0. The number of aromatic nitrogens is 2. The molecule has 0 radical (unpaired) electrons. The van der Waals surface area contributed by atoms with Crippen LogP contribution in [0.4, 0.5) is 14.5 Å². The van der Waals surface area contributed by atoms with Crippen LogP contribution in [0.1, 0.15) is 39.1 Å². The van der Waals surface area contributed by atoms with Gasteiger partial charge in [0.15, 0.2) is 0 Å². The Hall–Kier alpha value is -6.36. The first-order valence-electron chi connectivity index (χ1n) is 16.0. The third-order valence-electron chi connectivity index (χ3n) is 8.58. The second-order valence-electron chi connectivity index (χ2n) is 12.3. The van der Waals surface area contributed by atoms with E-state index < -0.39 is 62.1 Å². The Morgan fingerprint density at radius 2 is 1.57 bits per heavy atom. The maximum atomic E-state index is 15.1. The zero-order valence-corrected chi connectivity index (χ0v) is 28.9. The normalized spacial score (nSPS) is 13.3. The van der Waals surface area contributed by atoms with Crippen molar-refractivity contribution in [2.24, 2.45) is 7.05 Å². The van der Waals surface area contributed by atoms with Crippen LogP contribution in [-0.4, -0.2) is 59.6 Å². The van der Waals surface area contributed by atoms with Gasteiger partial charge in [-0.3, -0.25) is 23.7 Å². The van der Waals surface area contributed by atoms with E-state index in [9.17, 15) is 37.5 Å². The minimum Gasteiger partial charge on any atom is -0.497 e. The Balaban J connectivity index is 1.16. The summed E-state index contributed by atoms with van der Waals surface area (Å²) in [6, 6.07) is 14.8. The minimum absolute atomic E-state index is 0.0940. The molecule has 2 amide bonds. The summed E-state index contributed by atoms with van der Waals surface area (Å²) in [5, 5.41) is 14.9. The van der Waals surface area contributed by atoms with Gasteiger partial charge in [-0.05, 0) is 85.1 Å². The molecule has 6 rings (SSSR count). The number of fused-ring (bicyclic) bond motifs is 1. The summed E-state index contributed by atoms with van der Waals surface area (Å²) in [5.74, 6) is -5.85. The lowest BCUT2D eigenvalue weighted by Gasteiger charge is -2.17. The number of carbonyl (C=O) groups is 3. The van der Waals surface area contributed by atoms with Crippen LogP contribution in [0.25, 0.3) is 16.6 Å². The van der Waals surface area contributed by atoms with Gasteiger partial charge in [0, 0.05) is 25.1 Å². The van der Waals surface area contributed by atoms with Crippen molar-refractivity contribution in [3.05, 3.63) is 128 Å². The summed E-state index contributed by atoms with van der Waals surface area (Å²) in [6.07, 6.45) is 1.38. The van der Waals surface area contributed by atoms with Crippen molar-refractivity contribution in [1.29, 1.82) is 0 Å². The number of hydrogen-bond acceptors (Lipinski definition) is 8. The van der Waals surface area contributed by atoms with Crippen molar-refractivity contribution in [3.63, 3.8) is 0 Å². The Kier molecular flexibility index (Phi) is 9.86. The highest BCUT2D eigenvalue weighted by Gasteiger charge is 2.27. The van der Waals surface area contributed by atoms with Crippen molar-refractivity contribution in [2.75, 3.05) is 11.8 Å². The number of halogens is 2. The van der Waals surface area contributed by atoms with Gasteiger partial charge in [-0.15, -0.1) is 0 Å². The van der Waals surface area contributed by atoms with Crippen LogP contribution in [0.3, 0.4) is 0 Å². The molecule has 53 heavy (non-hydrogen) atoms. The Morgan fingerprint density at radius 1 is 0.925 bits per heavy atom. The predicted octanol–water partition coefficient (Wildman–Crippen LogP) is 3.09. The van der Waals surface area contributed by atoms with Crippen LogP contribution in [-0.2, 0) is 28.3 Å². The molecule has 14 nitrogen and oxygen atoms in total. The standard InChI is InChI=1S/C36H31F2N5O9S/c1-42-30-14-11-24(52-2)18-26(30)34(46)43(36(42)49)23-9-3-19(4-10-23)15-29(35(47)48)40-33(45)31-27(37)16-22(17-28(31)38)41-53(50,51)25-12-5-20(6-13-25)32(44)39-21-7-8-21/h3-6,9-14,16-18,21,29,41H,7-8,15H2,1-2H3,(H,39,44)(H,40,45)(H,47,48)/t29-/m0/s1. The van der Waals surface area contributed by atoms with E-state index in [4.69, 9.17) is 4.74 Å². The fraction of sp³-hybridized carbons (Fsp3) is 0.194. The Bertz CT molecular complexity index is 2490. The SMILES string of the molecule is COc1ccc2c(c1)c(=O)n(-c1ccc(C[C@H](NC(=O)c3c(F)cc(NS(=O)(=O)c4ccc(C(=O)NC5CC5)cc4)cc3F)C(=O)O)cc1)c(=O)n2C. The second kappa shape index (κ2) is 14.3. The third-order valence-corrected chi connectivity index (χ3v) is 9.97. The Labute approximate surface area is 299 Å². The van der Waals surface area contributed by atoms with Gasteiger partial charge >= 0.3 is 11.7 Å². The Morgan fingerprint density at radius 3 is 2.15 bits per heavy atom. The molecule has 5 aromatic rings. The van der Waals surface area contributed by atoms with E-state index in [0.717, 1.165) is 29.5 Å². The maximum absolute atomic E-state index is 15.1. The molecule has 0 unspecified atom stereocenters. The van der Waals surface area contributed by atoms with E-state index in [2.05, 4.69) is 10.6 Å². The minimum atomic E-state index is -4.37. The van der Waals surface area contributed by atoms with Gasteiger partial charge in [-0.2, -0.15) is 0 Å². The van der Waals surface area contributed by atoms with E-state index >= 15 is 8.78 Å². The number of carboxylic acid groups (broad SMARTS) is 1. The summed E-state index contributed by atoms with van der Waals surface area (Å²) in [5.41, 5.74) is -1.84. The smallest absolute Gasteiger partial charge is 0.335 e. The van der Waals surface area contributed by atoms with Crippen molar-refractivity contribution >= 4 is 44.4 Å². The van der Waals surface area contributed by atoms with Gasteiger partial charge in [0.2, 0.25) is 0 Å². The van der Waals surface area contributed by atoms with E-state index in [1.54, 1.807) is 12.1 Å². The quantitative estimate of drug-likeness (QED) is 0.148. The number of benzene rings is 4. The molecular weight excluding hydrogens is 716 g/mol. The summed E-state index contributed by atoms with van der Waals surface area (Å²) < 4.78 is 65.5.